The van der Waals surface area contributed by atoms with E-state index in [2.05, 4.69) is 15.9 Å². The lowest BCUT2D eigenvalue weighted by atomic mass is 9.78. The minimum absolute atomic E-state index is 0.0553. The number of rotatable bonds is 3. The molecule has 1 aliphatic rings. The quantitative estimate of drug-likeness (QED) is 0.774. The number of hydrogen-bond acceptors (Lipinski definition) is 1. The van der Waals surface area contributed by atoms with Crippen molar-refractivity contribution in [3.05, 3.63) is 35.4 Å². The van der Waals surface area contributed by atoms with Gasteiger partial charge in [-0.15, -0.1) is 0 Å². The maximum absolute atomic E-state index is 13.1. The first-order valence-corrected chi connectivity index (χ1v) is 6.80. The molecule has 2 rings (SSSR count). The zero-order valence-corrected chi connectivity index (χ0v) is 11.3. The van der Waals surface area contributed by atoms with E-state index < -0.39 is 11.6 Å². The molecule has 17 heavy (non-hydrogen) atoms. The fourth-order valence-electron chi connectivity index (χ4n) is 2.39. The van der Waals surface area contributed by atoms with Gasteiger partial charge in [-0.25, -0.2) is 8.78 Å². The van der Waals surface area contributed by atoms with E-state index in [1.807, 2.05) is 6.92 Å². The molecule has 2 unspecified atom stereocenters. The highest BCUT2D eigenvalue weighted by Gasteiger charge is 2.40. The molecule has 0 N–H and O–H groups in total. The van der Waals surface area contributed by atoms with Crippen molar-refractivity contribution in [2.75, 3.05) is 11.9 Å². The van der Waals surface area contributed by atoms with Crippen LogP contribution in [0.2, 0.25) is 0 Å². The molecule has 1 fully saturated rings. The average Bonchev–Trinajstić information content (AvgIpc) is 2.59. The minimum Gasteiger partial charge on any atom is -0.378 e. The lowest BCUT2D eigenvalue weighted by Gasteiger charge is -2.30. The second-order valence-electron chi connectivity index (χ2n) is 4.71. The highest BCUT2D eigenvalue weighted by atomic mass is 79.9. The number of hydrogen-bond donors (Lipinski definition) is 0. The summed E-state index contributed by atoms with van der Waals surface area (Å²) in [6.07, 6.45) is 1.65. The molecule has 1 saturated heterocycles. The van der Waals surface area contributed by atoms with Gasteiger partial charge in [-0.2, -0.15) is 0 Å². The molecule has 0 aromatic heterocycles. The minimum atomic E-state index is -0.517. The molecule has 1 aromatic carbocycles. The number of ether oxygens (including phenoxy) is 1. The van der Waals surface area contributed by atoms with Crippen LogP contribution in [-0.4, -0.2) is 18.0 Å². The predicted octanol–water partition coefficient (Wildman–Crippen LogP) is 3.70. The van der Waals surface area contributed by atoms with Gasteiger partial charge < -0.3 is 4.74 Å². The normalized spacial score (nSPS) is 28.6. The third-order valence-corrected chi connectivity index (χ3v) is 4.69. The maximum atomic E-state index is 13.1. The molecule has 0 aliphatic carbocycles. The lowest BCUT2D eigenvalue weighted by molar-refractivity contribution is 0.0746. The Bertz CT molecular complexity index is 390. The van der Waals surface area contributed by atoms with Crippen LogP contribution in [0.4, 0.5) is 8.78 Å². The van der Waals surface area contributed by atoms with Crippen molar-refractivity contribution >= 4 is 15.9 Å². The molecule has 2 atom stereocenters. The van der Waals surface area contributed by atoms with E-state index in [-0.39, 0.29) is 11.5 Å². The van der Waals surface area contributed by atoms with Crippen molar-refractivity contribution in [1.29, 1.82) is 0 Å². The standard InChI is InChI=1S/C13H15BrF2O/c1-9-13(8-14,2-3-17-9)7-10-4-11(15)6-12(16)5-10/h4-6,9H,2-3,7-8H2,1H3. The predicted molar refractivity (Wildman–Crippen MR) is 66.3 cm³/mol. The average molecular weight is 305 g/mol. The highest BCUT2D eigenvalue weighted by Crippen LogP contribution is 2.39. The molecular weight excluding hydrogens is 290 g/mol. The van der Waals surface area contributed by atoms with Crippen LogP contribution >= 0.6 is 15.9 Å². The first-order valence-electron chi connectivity index (χ1n) is 5.68. The van der Waals surface area contributed by atoms with Gasteiger partial charge in [0.25, 0.3) is 0 Å². The summed E-state index contributed by atoms with van der Waals surface area (Å²) in [6, 6.07) is 3.70. The first kappa shape index (κ1) is 13.0. The van der Waals surface area contributed by atoms with Crippen molar-refractivity contribution in [2.24, 2.45) is 5.41 Å². The summed E-state index contributed by atoms with van der Waals surface area (Å²) in [5.74, 6) is -1.03. The topological polar surface area (TPSA) is 9.23 Å². The van der Waals surface area contributed by atoms with E-state index in [4.69, 9.17) is 4.74 Å². The fraction of sp³-hybridized carbons (Fsp3) is 0.538. The molecule has 1 aliphatic heterocycles. The first-order chi connectivity index (χ1) is 8.05. The van der Waals surface area contributed by atoms with Crippen LogP contribution in [-0.2, 0) is 11.2 Å². The number of benzene rings is 1. The third kappa shape index (κ3) is 2.68. The summed E-state index contributed by atoms with van der Waals surface area (Å²) in [5.41, 5.74) is 0.638. The van der Waals surface area contributed by atoms with E-state index in [0.717, 1.165) is 17.8 Å². The van der Waals surface area contributed by atoms with Gasteiger partial charge in [-0.3, -0.25) is 0 Å². The van der Waals surface area contributed by atoms with Gasteiger partial charge in [-0.05, 0) is 37.5 Å². The lowest BCUT2D eigenvalue weighted by Crippen LogP contribution is -2.33. The van der Waals surface area contributed by atoms with Gasteiger partial charge in [0.05, 0.1) is 6.10 Å². The van der Waals surface area contributed by atoms with Crippen molar-refractivity contribution in [2.45, 2.75) is 25.9 Å². The molecule has 0 saturated carbocycles. The van der Waals surface area contributed by atoms with E-state index >= 15 is 0 Å². The second kappa shape index (κ2) is 5.02. The molecule has 4 heteroatoms. The molecular formula is C13H15BrF2O. The highest BCUT2D eigenvalue weighted by molar-refractivity contribution is 9.09. The Morgan fingerprint density at radius 3 is 2.47 bits per heavy atom. The van der Waals surface area contributed by atoms with Crippen LogP contribution in [0.15, 0.2) is 18.2 Å². The van der Waals surface area contributed by atoms with Gasteiger partial charge in [-0.1, -0.05) is 15.9 Å². The largest absolute Gasteiger partial charge is 0.378 e. The Morgan fingerprint density at radius 2 is 2.00 bits per heavy atom. The smallest absolute Gasteiger partial charge is 0.126 e. The van der Waals surface area contributed by atoms with Crippen LogP contribution in [0.5, 0.6) is 0 Å². The van der Waals surface area contributed by atoms with E-state index in [1.54, 1.807) is 0 Å². The summed E-state index contributed by atoms with van der Waals surface area (Å²) >= 11 is 3.50. The van der Waals surface area contributed by atoms with Crippen LogP contribution in [0.3, 0.4) is 0 Å². The van der Waals surface area contributed by atoms with Crippen LogP contribution in [0.25, 0.3) is 0 Å². The Morgan fingerprint density at radius 1 is 1.35 bits per heavy atom. The Labute approximate surface area is 108 Å². The van der Waals surface area contributed by atoms with Crippen molar-refractivity contribution in [1.82, 2.24) is 0 Å². The van der Waals surface area contributed by atoms with Crippen molar-refractivity contribution in [3.8, 4) is 0 Å². The Kier molecular flexibility index (Phi) is 3.83. The fourth-order valence-corrected chi connectivity index (χ4v) is 3.33. The Hall–Kier alpha value is -0.480. The molecule has 0 spiro atoms. The van der Waals surface area contributed by atoms with Gasteiger partial charge in [0.2, 0.25) is 0 Å². The van der Waals surface area contributed by atoms with Gasteiger partial charge >= 0.3 is 0 Å². The molecule has 1 nitrogen and oxygen atoms in total. The van der Waals surface area contributed by atoms with Crippen molar-refractivity contribution < 1.29 is 13.5 Å². The number of halogens is 3. The number of alkyl halides is 1. The van der Waals surface area contributed by atoms with Crippen LogP contribution in [0, 0.1) is 17.0 Å². The van der Waals surface area contributed by atoms with Crippen LogP contribution < -0.4 is 0 Å². The van der Waals surface area contributed by atoms with Gasteiger partial charge in [0, 0.05) is 23.4 Å². The van der Waals surface area contributed by atoms with E-state index in [1.165, 1.54) is 12.1 Å². The third-order valence-electron chi connectivity index (χ3n) is 3.57. The monoisotopic (exact) mass is 304 g/mol. The van der Waals surface area contributed by atoms with Crippen molar-refractivity contribution in [3.63, 3.8) is 0 Å². The molecule has 0 bridgehead atoms. The second-order valence-corrected chi connectivity index (χ2v) is 5.27. The van der Waals surface area contributed by atoms with E-state index in [0.29, 0.717) is 18.6 Å². The molecule has 0 radical (unpaired) electrons. The molecule has 94 valence electrons. The Balaban J connectivity index is 2.24. The van der Waals surface area contributed by atoms with Crippen LogP contribution in [0.1, 0.15) is 18.9 Å². The summed E-state index contributed by atoms with van der Waals surface area (Å²) in [4.78, 5) is 0. The molecule has 1 aromatic rings. The SMILES string of the molecule is CC1OCCC1(CBr)Cc1cc(F)cc(F)c1. The zero-order chi connectivity index (χ0) is 12.5. The molecule has 1 heterocycles. The summed E-state index contributed by atoms with van der Waals surface area (Å²) in [7, 11) is 0. The van der Waals surface area contributed by atoms with E-state index in [9.17, 15) is 8.78 Å². The van der Waals surface area contributed by atoms with Gasteiger partial charge in [0.1, 0.15) is 11.6 Å². The summed E-state index contributed by atoms with van der Waals surface area (Å²) < 4.78 is 31.9. The molecule has 0 amide bonds. The summed E-state index contributed by atoms with van der Waals surface area (Å²) in [6.45, 7) is 2.73. The zero-order valence-electron chi connectivity index (χ0n) is 9.68. The maximum Gasteiger partial charge on any atom is 0.126 e. The van der Waals surface area contributed by atoms with Gasteiger partial charge in [0.15, 0.2) is 0 Å². The summed E-state index contributed by atoms with van der Waals surface area (Å²) in [5, 5.41) is 0.777.